The van der Waals surface area contributed by atoms with Crippen LogP contribution in [0.3, 0.4) is 0 Å². The number of nitrogens with zero attached hydrogens (tertiary/aromatic N) is 4. The lowest BCUT2D eigenvalue weighted by Gasteiger charge is -2.19. The second-order valence-electron chi connectivity index (χ2n) is 7.76. The summed E-state index contributed by atoms with van der Waals surface area (Å²) in [7, 11) is -3.54. The van der Waals surface area contributed by atoms with Crippen LogP contribution in [0.4, 0.5) is 11.9 Å². The molecule has 2 rings (SSSR count). The first-order chi connectivity index (χ1) is 13.6. The normalized spacial score (nSPS) is 13.9. The Morgan fingerprint density at radius 3 is 2.41 bits per heavy atom. The van der Waals surface area contributed by atoms with Gasteiger partial charge >= 0.3 is 0 Å². The van der Waals surface area contributed by atoms with Gasteiger partial charge in [0.25, 0.3) is 0 Å². The molecule has 2 atom stereocenters. The van der Waals surface area contributed by atoms with Crippen molar-refractivity contribution in [2.75, 3.05) is 22.9 Å². The topological polar surface area (TPSA) is 130 Å². The van der Waals surface area contributed by atoms with Gasteiger partial charge in [-0.05, 0) is 42.9 Å². The second-order valence-corrected chi connectivity index (χ2v) is 9.51. The van der Waals surface area contributed by atoms with Crippen LogP contribution in [0.2, 0.25) is 0 Å². The zero-order chi connectivity index (χ0) is 21.6. The highest BCUT2D eigenvalue weighted by molar-refractivity contribution is 7.91. The Kier molecular flexibility index (Phi) is 7.86. The molecular weight excluding hydrogens is 392 g/mol. The van der Waals surface area contributed by atoms with E-state index in [1.165, 1.54) is 0 Å². The van der Waals surface area contributed by atoms with Crippen LogP contribution in [0.5, 0.6) is 0 Å². The number of aliphatic hydroxyl groups excluding tert-OH is 1. The number of aryl methyl sites for hydroxylation is 1. The molecule has 2 aromatic rings. The monoisotopic (exact) mass is 422 g/mol. The Labute approximate surface area is 172 Å². The lowest BCUT2D eigenvalue weighted by Crippen LogP contribution is -2.27. The van der Waals surface area contributed by atoms with Crippen molar-refractivity contribution in [3.05, 3.63) is 35.4 Å². The van der Waals surface area contributed by atoms with Gasteiger partial charge in [0.1, 0.15) is 5.82 Å². The van der Waals surface area contributed by atoms with E-state index in [9.17, 15) is 13.5 Å². The Hall–Kier alpha value is -2.33. The first-order valence-corrected chi connectivity index (χ1v) is 11.5. The molecule has 10 heteroatoms. The number of rotatable bonds is 10. The van der Waals surface area contributed by atoms with Gasteiger partial charge in [0.2, 0.25) is 21.9 Å². The van der Waals surface area contributed by atoms with Crippen LogP contribution in [-0.4, -0.2) is 52.4 Å². The van der Waals surface area contributed by atoms with Crippen LogP contribution < -0.4 is 10.0 Å². The summed E-state index contributed by atoms with van der Waals surface area (Å²) in [5.74, 6) is 1.11. The summed E-state index contributed by atoms with van der Waals surface area (Å²) in [6, 6.07) is 3.71. The summed E-state index contributed by atoms with van der Waals surface area (Å²) in [6.45, 7) is 8.00. The van der Waals surface area contributed by atoms with Crippen molar-refractivity contribution in [3.63, 3.8) is 0 Å². The first-order valence-electron chi connectivity index (χ1n) is 9.58. The van der Waals surface area contributed by atoms with Crippen LogP contribution >= 0.6 is 0 Å². The minimum Gasteiger partial charge on any atom is -0.394 e. The number of sulfonamides is 1. The van der Waals surface area contributed by atoms with Gasteiger partial charge in [-0.15, -0.1) is 0 Å². The molecule has 0 aromatic carbocycles. The predicted octanol–water partition coefficient (Wildman–Crippen LogP) is 2.11. The third-order valence-electron chi connectivity index (χ3n) is 4.25. The van der Waals surface area contributed by atoms with Crippen LogP contribution in [0.15, 0.2) is 18.3 Å². The number of hydrogen-bond donors (Lipinski definition) is 3. The van der Waals surface area contributed by atoms with E-state index in [1.807, 2.05) is 26.0 Å². The zero-order valence-corrected chi connectivity index (χ0v) is 18.4. The van der Waals surface area contributed by atoms with Gasteiger partial charge in [-0.2, -0.15) is 15.0 Å². The third-order valence-corrected chi connectivity index (χ3v) is 4.80. The maximum absolute atomic E-state index is 11.6. The molecule has 3 N–H and O–H groups in total. The van der Waals surface area contributed by atoms with Crippen molar-refractivity contribution in [3.8, 4) is 0 Å². The van der Waals surface area contributed by atoms with Crippen LogP contribution in [0.25, 0.3) is 0 Å². The van der Waals surface area contributed by atoms with Crippen LogP contribution in [-0.2, 0) is 16.4 Å². The van der Waals surface area contributed by atoms with E-state index in [1.54, 1.807) is 6.20 Å². The zero-order valence-electron chi connectivity index (χ0n) is 17.5. The van der Waals surface area contributed by atoms with Gasteiger partial charge in [0.05, 0.1) is 18.9 Å². The van der Waals surface area contributed by atoms with Crippen molar-refractivity contribution in [2.45, 2.75) is 52.5 Å². The molecular formula is C19H30N6O3S. The molecule has 0 saturated heterocycles. The summed E-state index contributed by atoms with van der Waals surface area (Å²) in [6.07, 6.45) is 4.02. The molecule has 0 radical (unpaired) electrons. The number of aromatic nitrogens is 4. The highest BCUT2D eigenvalue weighted by Gasteiger charge is 2.17. The Morgan fingerprint density at radius 1 is 1.14 bits per heavy atom. The lowest BCUT2D eigenvalue weighted by atomic mass is 9.98. The SMILES string of the molecule is Cc1cc(C(C)Cc2nc(N[C@@H](CO)CC(C)C)nc(NS(C)(=O)=O)n2)ccn1. The van der Waals surface area contributed by atoms with Gasteiger partial charge < -0.3 is 10.4 Å². The van der Waals surface area contributed by atoms with Crippen molar-refractivity contribution in [2.24, 2.45) is 5.92 Å². The van der Waals surface area contributed by atoms with Gasteiger partial charge in [-0.25, -0.2) is 8.42 Å². The summed E-state index contributed by atoms with van der Waals surface area (Å²) in [5, 5.41) is 12.7. The average molecular weight is 423 g/mol. The summed E-state index contributed by atoms with van der Waals surface area (Å²) in [5.41, 5.74) is 2.02. The molecule has 9 nitrogen and oxygen atoms in total. The van der Waals surface area contributed by atoms with E-state index in [2.05, 4.69) is 43.8 Å². The fraction of sp³-hybridized carbons (Fsp3) is 0.579. The number of pyridine rings is 1. The molecule has 2 heterocycles. The summed E-state index contributed by atoms with van der Waals surface area (Å²) >= 11 is 0. The minimum atomic E-state index is -3.54. The number of aliphatic hydroxyl groups is 1. The van der Waals surface area contributed by atoms with Crippen molar-refractivity contribution >= 4 is 21.9 Å². The quantitative estimate of drug-likeness (QED) is 0.531. The molecule has 0 fully saturated rings. The highest BCUT2D eigenvalue weighted by Crippen LogP contribution is 2.21. The van der Waals surface area contributed by atoms with Crippen molar-refractivity contribution in [1.29, 1.82) is 0 Å². The van der Waals surface area contributed by atoms with E-state index < -0.39 is 10.0 Å². The maximum atomic E-state index is 11.6. The van der Waals surface area contributed by atoms with E-state index in [0.717, 1.165) is 23.9 Å². The molecule has 0 saturated carbocycles. The fourth-order valence-electron chi connectivity index (χ4n) is 2.98. The third kappa shape index (κ3) is 7.90. The standard InChI is InChI=1S/C19H30N6O3S/c1-12(2)8-16(11-26)21-18-22-17(23-19(24-18)25-29(5,27)28)9-13(3)15-6-7-20-14(4)10-15/h6-7,10,12-13,16,26H,8-9,11H2,1-5H3,(H2,21,22,23,24,25)/t13?,16-/m1/s1. The molecule has 0 aliphatic rings. The van der Waals surface area contributed by atoms with E-state index in [-0.39, 0.29) is 30.5 Å². The van der Waals surface area contributed by atoms with Crippen molar-refractivity contribution in [1.82, 2.24) is 19.9 Å². The lowest BCUT2D eigenvalue weighted by molar-refractivity contribution is 0.259. The maximum Gasteiger partial charge on any atom is 0.241 e. The second kappa shape index (κ2) is 9.93. The molecule has 0 aliphatic heterocycles. The van der Waals surface area contributed by atoms with Crippen LogP contribution in [0, 0.1) is 12.8 Å². The smallest absolute Gasteiger partial charge is 0.241 e. The van der Waals surface area contributed by atoms with Gasteiger partial charge in [0.15, 0.2) is 0 Å². The molecule has 0 spiro atoms. The van der Waals surface area contributed by atoms with Gasteiger partial charge in [0, 0.05) is 18.3 Å². The first kappa shape index (κ1) is 23.0. The Morgan fingerprint density at radius 2 is 1.83 bits per heavy atom. The molecule has 29 heavy (non-hydrogen) atoms. The highest BCUT2D eigenvalue weighted by atomic mass is 32.2. The fourth-order valence-corrected chi connectivity index (χ4v) is 3.41. The largest absolute Gasteiger partial charge is 0.394 e. The number of nitrogens with one attached hydrogen (secondary N) is 2. The van der Waals surface area contributed by atoms with E-state index >= 15 is 0 Å². The number of anilines is 2. The minimum absolute atomic E-state index is 0.0423. The summed E-state index contributed by atoms with van der Waals surface area (Å²) < 4.78 is 25.6. The van der Waals surface area contributed by atoms with Crippen molar-refractivity contribution < 1.29 is 13.5 Å². The van der Waals surface area contributed by atoms with Gasteiger partial charge in [-0.3, -0.25) is 9.71 Å². The van der Waals surface area contributed by atoms with Gasteiger partial charge in [-0.1, -0.05) is 20.8 Å². The molecule has 1 unspecified atom stereocenters. The Balaban J connectivity index is 2.30. The average Bonchev–Trinajstić information content (AvgIpc) is 2.59. The molecule has 0 amide bonds. The molecule has 0 aliphatic carbocycles. The van der Waals surface area contributed by atoms with E-state index in [0.29, 0.717) is 18.2 Å². The predicted molar refractivity (Wildman–Crippen MR) is 113 cm³/mol. The van der Waals surface area contributed by atoms with E-state index in [4.69, 9.17) is 0 Å². The molecule has 160 valence electrons. The molecule has 2 aromatic heterocycles. The molecule has 0 bridgehead atoms. The summed E-state index contributed by atoms with van der Waals surface area (Å²) in [4.78, 5) is 17.1. The number of hydrogen-bond acceptors (Lipinski definition) is 8. The Bertz CT molecular complexity index is 920. The van der Waals surface area contributed by atoms with Crippen LogP contribution in [0.1, 0.15) is 50.2 Å².